The van der Waals surface area contributed by atoms with Gasteiger partial charge in [-0.3, -0.25) is 24.0 Å². The summed E-state index contributed by atoms with van der Waals surface area (Å²) in [4.78, 5) is 64.3. The zero-order chi connectivity index (χ0) is 93.2. The van der Waals surface area contributed by atoms with Gasteiger partial charge in [0, 0.05) is 34.6 Å². The highest BCUT2D eigenvalue weighted by atomic mass is 16.8. The van der Waals surface area contributed by atoms with Gasteiger partial charge in [0.1, 0.15) is 238 Å². The Morgan fingerprint density at radius 3 is 0.944 bits per heavy atom. The second-order valence-electron chi connectivity index (χ2n) is 31.5. The Kier molecular flexibility index (Phi) is 39.2. The maximum Gasteiger partial charge on any atom is 0.217 e. The van der Waals surface area contributed by atoms with Crippen molar-refractivity contribution in [2.24, 2.45) is 0 Å². The number of aliphatic hydroxyl groups is 28. The van der Waals surface area contributed by atoms with Gasteiger partial charge in [0.2, 0.25) is 29.5 Å². The molecule has 0 aliphatic carbocycles. The summed E-state index contributed by atoms with van der Waals surface area (Å²) in [6.45, 7) is -8.26. The largest absolute Gasteiger partial charge is 0.394 e. The summed E-state index contributed by atoms with van der Waals surface area (Å²) in [7, 11) is 0. The van der Waals surface area contributed by atoms with Crippen molar-refractivity contribution in [3.8, 4) is 0 Å². The zero-order valence-electron chi connectivity index (χ0n) is 68.0. The van der Waals surface area contributed by atoms with E-state index in [9.17, 15) is 167 Å². The van der Waals surface area contributed by atoms with Crippen molar-refractivity contribution < 1.29 is 252 Å². The van der Waals surface area contributed by atoms with Gasteiger partial charge in [0.15, 0.2) is 56.6 Å². The number of amides is 5. The molecule has 0 unspecified atom stereocenters. The Bertz CT molecular complexity index is 3380. The molecule has 0 aromatic carbocycles. The maximum atomic E-state index is 13.3. The first kappa shape index (κ1) is 105. The van der Waals surface area contributed by atoms with Gasteiger partial charge in [-0.25, -0.2) is 0 Å². The van der Waals surface area contributed by atoms with Crippen molar-refractivity contribution in [2.75, 3.05) is 72.7 Å². The van der Waals surface area contributed by atoms with Crippen molar-refractivity contribution in [1.29, 1.82) is 0 Å². The van der Waals surface area contributed by atoms with Crippen LogP contribution in [0, 0.1) is 0 Å². The minimum Gasteiger partial charge on any atom is -0.394 e. The van der Waals surface area contributed by atoms with Gasteiger partial charge in [-0.05, 0) is 0 Å². The van der Waals surface area contributed by atoms with Crippen LogP contribution in [0.2, 0.25) is 0 Å². The Hall–Kier alpha value is -4.49. The van der Waals surface area contributed by atoms with Gasteiger partial charge >= 0.3 is 0 Å². The normalized spacial score (nSPS) is 45.8. The highest BCUT2D eigenvalue weighted by Gasteiger charge is 2.62. The van der Waals surface area contributed by atoms with Crippen molar-refractivity contribution in [1.82, 2.24) is 26.6 Å². The fraction of sp³-hybridized carbons (Fsp3) is 0.929. The Morgan fingerprint density at radius 1 is 0.270 bits per heavy atom. The first-order valence-electron chi connectivity index (χ1n) is 40.1. The predicted molar refractivity (Wildman–Crippen MR) is 390 cm³/mol. The molecule has 5 amide bonds. The van der Waals surface area contributed by atoms with Crippen LogP contribution in [0.5, 0.6) is 0 Å². The van der Waals surface area contributed by atoms with E-state index in [-0.39, 0.29) is 0 Å². The van der Waals surface area contributed by atoms with E-state index in [4.69, 9.17) is 85.3 Å². The van der Waals surface area contributed by atoms with Crippen LogP contribution in [-0.2, 0) is 109 Å². The van der Waals surface area contributed by atoms with Crippen LogP contribution in [0.4, 0.5) is 0 Å². The first-order valence-corrected chi connectivity index (χ1v) is 40.1. The second kappa shape index (κ2) is 46.9. The zero-order valence-corrected chi connectivity index (χ0v) is 68.0. The number of hydrogen-bond acceptors (Lipinski definition) is 51. The molecular formula is C70H119N5O51. The lowest BCUT2D eigenvalue weighted by Gasteiger charge is -2.52. The lowest BCUT2D eigenvalue weighted by molar-refractivity contribution is -0.406. The van der Waals surface area contributed by atoms with Gasteiger partial charge in [-0.1, -0.05) is 0 Å². The van der Waals surface area contributed by atoms with Crippen LogP contribution < -0.4 is 26.6 Å². The van der Waals surface area contributed by atoms with E-state index in [0.717, 1.165) is 34.6 Å². The molecule has 0 saturated carbocycles. The molecule has 49 atom stereocenters. The van der Waals surface area contributed by atoms with Crippen LogP contribution in [0.3, 0.4) is 0 Å². The summed E-state index contributed by atoms with van der Waals surface area (Å²) in [5.74, 6) is -4.80. The number of carbonyl (C=O) groups is 5. The molecule has 0 aromatic rings. The van der Waals surface area contributed by atoms with E-state index in [0.29, 0.717) is 0 Å². The summed E-state index contributed by atoms with van der Waals surface area (Å²) in [6, 6.07) is -9.68. The third kappa shape index (κ3) is 24.0. The van der Waals surface area contributed by atoms with Crippen LogP contribution in [0.15, 0.2) is 0 Å². The molecular weight excluding hydrogens is 1730 g/mol. The molecule has 33 N–H and O–H groups in total. The number of hydrogen-bond donors (Lipinski definition) is 33. The lowest BCUT2D eigenvalue weighted by atomic mass is 9.93. The lowest BCUT2D eigenvalue weighted by Crippen LogP contribution is -2.71. The van der Waals surface area contributed by atoms with E-state index in [2.05, 4.69) is 26.6 Å². The van der Waals surface area contributed by atoms with Crippen LogP contribution in [0.1, 0.15) is 34.6 Å². The smallest absolute Gasteiger partial charge is 0.217 e. The summed E-state index contributed by atoms with van der Waals surface area (Å²) < 4.78 is 108. The standard InChI is InChI=1S/C70H119N5O51/c1-17(86)71-22(6-76)37(92)54(23(91)7-77)119-63-34(73-19(3)88)44(99)57(30(14-84)114-63)123-68-53(108)59(42(97)32(118-68)16-109-69-60(49(104)41(96)27(11-81)113-69)125-62-33(72-18(2)87)43(98)38(93)24(8-78)110-62)124-70-61(126-65-36(75-21(5)90)46(101)56(29(13-83)116-65)122-67-51(106)48(103)40(95)26(10-80)112-67)52(107)58(31(15-85)117-70)120-64-35(74-20(4)89)45(100)55(28(12-82)115-64)121-66-50(105)47(102)39(94)25(9-79)111-66/h22-70,76-85,91-108H,6-16H2,1-5H3,(H,71,86)(H,72,87)(H,73,88)(H,74,89)(H,75,90)/t22-,23+,24+,25+,26+,27+,28+,29+,30+,31+,32+,33+,34+,35+,36+,37+,38+,39-,40-,41+,42+,43+,44+,45+,46+,47-,48-,49-,50+,51+,52-,53-,54+,55+,56+,57+,58+,59-,60-,61-,62-,63-,64-,65-,66-,67-,68-,69-,70+/m0/s1. The average molecular weight is 1850 g/mol. The molecule has 56 nitrogen and oxygen atoms in total. The SMILES string of the molecule is CC(=O)N[C@H]1[C@H](O[C@@H]([C@H](O)[C@H](CO)NC(C)=O)[C@H](O)CO)O[C@H](CO)[C@@H](O[C@@H]2O[C@H](CO[C@H]3O[C@H](CO)[C@@H](O)[C@H](O)[C@@H]3O[C@@H]3O[C@H](CO)[C@@H](O)[C@H](O)[C@H]3NC(C)=O)[C@@H](O)[C@H](O[C@H]3O[C@H](CO)[C@@H](O[C@@H]4O[C@H](CO)[C@@H](O[C@@H]5O[C@H](CO)[C@H](O)[C@H](O)[C@H]5O)[C@H](O)[C@H]4NC(C)=O)[C@H](O)[C@@H]3O[C@@H]3O[C@H](CO)[C@@H](O[C@@H]4O[C@H](CO)[C@H](O)[C@H](O)[C@H]4O)[C@H](O)[C@H]3NC(C)=O)[C@@H]2O)[C@@H]1O. The number of nitrogens with one attached hydrogen (secondary N) is 5. The quantitative estimate of drug-likeness (QED) is 0.0275. The second-order valence-corrected chi connectivity index (χ2v) is 31.5. The Balaban J connectivity index is 1.14. The third-order valence-corrected chi connectivity index (χ3v) is 22.5. The molecule has 730 valence electrons. The molecule has 126 heavy (non-hydrogen) atoms. The van der Waals surface area contributed by atoms with E-state index < -0.39 is 403 Å². The summed E-state index contributed by atoms with van der Waals surface area (Å²) in [5, 5.41) is 325. The van der Waals surface area contributed by atoms with Crippen LogP contribution >= 0.6 is 0 Å². The molecule has 9 fully saturated rings. The predicted octanol–water partition coefficient (Wildman–Crippen LogP) is -22.4. The number of aliphatic hydroxyl groups excluding tert-OH is 28. The van der Waals surface area contributed by atoms with Gasteiger partial charge < -0.3 is 255 Å². The Morgan fingerprint density at radius 2 is 0.563 bits per heavy atom. The number of carbonyl (C=O) groups excluding carboxylic acids is 5. The molecule has 9 aliphatic rings. The maximum absolute atomic E-state index is 13.3. The number of ether oxygens (including phenoxy) is 18. The molecule has 9 rings (SSSR count). The van der Waals surface area contributed by atoms with Crippen molar-refractivity contribution in [2.45, 2.75) is 335 Å². The van der Waals surface area contributed by atoms with Crippen LogP contribution in [-0.4, -0.2) is 546 Å². The highest BCUT2D eigenvalue weighted by Crippen LogP contribution is 2.41. The first-order chi connectivity index (χ1) is 59.6. The van der Waals surface area contributed by atoms with E-state index in [1.807, 2.05) is 0 Å². The minimum absolute atomic E-state index is 0.838. The molecule has 9 heterocycles. The fourth-order valence-corrected chi connectivity index (χ4v) is 15.9. The Labute approximate surface area is 714 Å². The molecule has 0 radical (unpaired) electrons. The van der Waals surface area contributed by atoms with E-state index in [1.165, 1.54) is 0 Å². The summed E-state index contributed by atoms with van der Waals surface area (Å²) >= 11 is 0. The summed E-state index contributed by atoms with van der Waals surface area (Å²) in [5.41, 5.74) is 0. The third-order valence-electron chi connectivity index (χ3n) is 22.5. The molecule has 9 aliphatic heterocycles. The van der Waals surface area contributed by atoms with Crippen molar-refractivity contribution in [3.05, 3.63) is 0 Å². The van der Waals surface area contributed by atoms with Crippen LogP contribution in [0.25, 0.3) is 0 Å². The van der Waals surface area contributed by atoms with Crippen molar-refractivity contribution >= 4 is 29.5 Å². The molecule has 0 spiro atoms. The highest BCUT2D eigenvalue weighted by molar-refractivity contribution is 5.75. The molecule has 9 saturated heterocycles. The van der Waals surface area contributed by atoms with Gasteiger partial charge in [-0.2, -0.15) is 0 Å². The average Bonchev–Trinajstić information content (AvgIpc) is 0.730. The molecule has 56 heteroatoms. The summed E-state index contributed by atoms with van der Waals surface area (Å²) in [6.07, 6.45) is -96.2. The fourth-order valence-electron chi connectivity index (χ4n) is 15.9. The van der Waals surface area contributed by atoms with Gasteiger partial charge in [0.25, 0.3) is 0 Å². The van der Waals surface area contributed by atoms with Gasteiger partial charge in [0.05, 0.1) is 78.7 Å². The number of rotatable bonds is 37. The molecule has 0 aromatic heterocycles. The minimum atomic E-state index is -2.72. The topological polar surface area (TPSA) is 878 Å². The van der Waals surface area contributed by atoms with Gasteiger partial charge in [-0.15, -0.1) is 0 Å². The van der Waals surface area contributed by atoms with Crippen molar-refractivity contribution in [3.63, 3.8) is 0 Å². The van der Waals surface area contributed by atoms with E-state index >= 15 is 0 Å². The van der Waals surface area contributed by atoms with E-state index in [1.54, 1.807) is 0 Å². The molecule has 0 bridgehead atoms. The monoisotopic (exact) mass is 1850 g/mol.